The first kappa shape index (κ1) is 17.0. The van der Waals surface area contributed by atoms with Gasteiger partial charge in [0.2, 0.25) is 0 Å². The van der Waals surface area contributed by atoms with Gasteiger partial charge in [-0.1, -0.05) is 0 Å². The summed E-state index contributed by atoms with van der Waals surface area (Å²) in [5.74, 6) is -0.0208. The molecule has 0 saturated heterocycles. The first-order valence-electron chi connectivity index (χ1n) is 8.59. The van der Waals surface area contributed by atoms with E-state index in [1.807, 2.05) is 32.3 Å². The molecule has 7 nitrogen and oxygen atoms in total. The van der Waals surface area contributed by atoms with E-state index < -0.39 is 0 Å². The minimum Gasteiger partial charge on any atom is -0.393 e. The van der Waals surface area contributed by atoms with Crippen LogP contribution < -0.4 is 5.32 Å². The molecule has 8 heteroatoms. The van der Waals surface area contributed by atoms with Crippen LogP contribution in [0.5, 0.6) is 0 Å². The lowest BCUT2D eigenvalue weighted by Crippen LogP contribution is -2.41. The van der Waals surface area contributed by atoms with Gasteiger partial charge in [-0.2, -0.15) is 10.2 Å². The molecule has 3 heterocycles. The molecule has 3 aromatic rings. The fourth-order valence-electron chi connectivity index (χ4n) is 3.33. The largest absolute Gasteiger partial charge is 0.393 e. The lowest BCUT2D eigenvalue weighted by molar-refractivity contribution is 0.0234. The summed E-state index contributed by atoms with van der Waals surface area (Å²) in [6, 6.07) is 5.66. The third-order valence-corrected chi connectivity index (χ3v) is 5.84. The predicted molar refractivity (Wildman–Crippen MR) is 98.8 cm³/mol. The average molecular weight is 371 g/mol. The number of carbonyl (C=O) groups excluding carboxylic acids is 1. The molecule has 136 valence electrons. The second-order valence-corrected chi connectivity index (χ2v) is 8.15. The number of aliphatic hydroxyl groups excluding tert-OH is 1. The van der Waals surface area contributed by atoms with E-state index in [2.05, 4.69) is 20.6 Å². The zero-order valence-corrected chi connectivity index (χ0v) is 15.5. The molecule has 1 aliphatic rings. The minimum atomic E-state index is -0.282. The Morgan fingerprint density at radius 3 is 2.88 bits per heavy atom. The summed E-state index contributed by atoms with van der Waals surface area (Å²) in [5, 5.41) is 24.0. The molecular weight excluding hydrogens is 350 g/mol. The van der Waals surface area contributed by atoms with E-state index in [0.29, 0.717) is 18.5 Å². The van der Waals surface area contributed by atoms with Gasteiger partial charge in [0.05, 0.1) is 28.9 Å². The summed E-state index contributed by atoms with van der Waals surface area (Å²) < 4.78 is 1.72. The van der Waals surface area contributed by atoms with Crippen LogP contribution in [0, 0.1) is 12.8 Å². The summed E-state index contributed by atoms with van der Waals surface area (Å²) >= 11 is 1.66. The van der Waals surface area contributed by atoms with Crippen molar-refractivity contribution in [3.8, 4) is 10.6 Å². The van der Waals surface area contributed by atoms with Gasteiger partial charge in [-0.05, 0) is 43.9 Å². The van der Waals surface area contributed by atoms with Crippen molar-refractivity contribution < 1.29 is 9.90 Å². The molecule has 3 N–H and O–H groups in total. The number of hydrogen-bond donors (Lipinski definition) is 3. The Morgan fingerprint density at radius 2 is 2.27 bits per heavy atom. The highest BCUT2D eigenvalue weighted by atomic mass is 32.1. The van der Waals surface area contributed by atoms with Gasteiger partial charge in [0.15, 0.2) is 5.69 Å². The van der Waals surface area contributed by atoms with Crippen molar-refractivity contribution in [2.45, 2.75) is 31.9 Å². The van der Waals surface area contributed by atoms with Crippen LogP contribution in [0.4, 0.5) is 0 Å². The predicted octanol–water partition coefficient (Wildman–Crippen LogP) is 2.42. The summed E-state index contributed by atoms with van der Waals surface area (Å²) in [5.41, 5.74) is 2.15. The van der Waals surface area contributed by atoms with Crippen LogP contribution in [-0.2, 0) is 7.05 Å². The number of aromatic amines is 1. The normalized spacial score (nSPS) is 20.6. The van der Waals surface area contributed by atoms with Gasteiger partial charge in [0.25, 0.3) is 5.91 Å². The topological polar surface area (TPSA) is 95.8 Å². The van der Waals surface area contributed by atoms with Crippen LogP contribution in [0.3, 0.4) is 0 Å². The maximum absolute atomic E-state index is 12.7. The van der Waals surface area contributed by atoms with E-state index in [9.17, 15) is 9.90 Å². The molecule has 26 heavy (non-hydrogen) atoms. The van der Waals surface area contributed by atoms with Gasteiger partial charge >= 0.3 is 0 Å². The Hall–Kier alpha value is -2.45. The number of aromatic nitrogens is 4. The van der Waals surface area contributed by atoms with E-state index in [1.165, 1.54) is 4.88 Å². The van der Waals surface area contributed by atoms with Crippen LogP contribution in [0.25, 0.3) is 10.6 Å². The van der Waals surface area contributed by atoms with Crippen molar-refractivity contribution in [3.63, 3.8) is 0 Å². The molecule has 4 rings (SSSR count). The molecule has 0 spiro atoms. The standard InChI is InChI=1S/C18H21N5O2S/c1-10-3-4-16(26-10)14-7-15(22-21-14)18(25)20-17(11-5-13(24)6-11)12-8-19-23(2)9-12/h3-4,7-9,11,13,17,24H,5-6H2,1-2H3,(H,20,25)(H,21,22). The van der Waals surface area contributed by atoms with E-state index in [1.54, 1.807) is 28.3 Å². The summed E-state index contributed by atoms with van der Waals surface area (Å²) in [6.45, 7) is 2.05. The second kappa shape index (κ2) is 6.69. The number of nitrogens with zero attached hydrogens (tertiary/aromatic N) is 3. The number of carbonyl (C=O) groups is 1. The van der Waals surface area contributed by atoms with Crippen molar-refractivity contribution >= 4 is 17.2 Å². The SMILES string of the molecule is Cc1ccc(-c2cc(C(=O)NC(c3cnn(C)c3)C3CC(O)C3)n[nH]2)s1. The summed E-state index contributed by atoms with van der Waals surface area (Å²) in [6.07, 6.45) is 4.75. The Morgan fingerprint density at radius 1 is 1.46 bits per heavy atom. The van der Waals surface area contributed by atoms with Crippen LogP contribution in [-0.4, -0.2) is 37.1 Å². The number of aliphatic hydroxyl groups is 1. The first-order valence-corrected chi connectivity index (χ1v) is 9.41. The average Bonchev–Trinajstić information content (AvgIpc) is 3.30. The second-order valence-electron chi connectivity index (χ2n) is 6.86. The Labute approximate surface area is 155 Å². The van der Waals surface area contributed by atoms with Gasteiger partial charge in [-0.15, -0.1) is 11.3 Å². The Kier molecular flexibility index (Phi) is 4.37. The molecule has 1 aliphatic carbocycles. The van der Waals surface area contributed by atoms with E-state index in [-0.39, 0.29) is 24.0 Å². The van der Waals surface area contributed by atoms with Crippen LogP contribution in [0.1, 0.15) is 39.8 Å². The molecule has 0 aliphatic heterocycles. The smallest absolute Gasteiger partial charge is 0.272 e. The van der Waals surface area contributed by atoms with Gasteiger partial charge < -0.3 is 10.4 Å². The monoisotopic (exact) mass is 371 g/mol. The van der Waals surface area contributed by atoms with Crippen LogP contribution in [0.15, 0.2) is 30.6 Å². The van der Waals surface area contributed by atoms with Crippen molar-refractivity contribution in [1.82, 2.24) is 25.3 Å². The molecule has 1 atom stereocenters. The molecule has 1 saturated carbocycles. The van der Waals surface area contributed by atoms with E-state index in [4.69, 9.17) is 0 Å². The zero-order chi connectivity index (χ0) is 18.3. The number of rotatable bonds is 5. The third-order valence-electron chi connectivity index (χ3n) is 4.81. The highest BCUT2D eigenvalue weighted by Crippen LogP contribution is 2.38. The molecule has 0 aromatic carbocycles. The maximum Gasteiger partial charge on any atom is 0.272 e. The number of amides is 1. The van der Waals surface area contributed by atoms with Crippen molar-refractivity contribution in [2.24, 2.45) is 13.0 Å². The number of hydrogen-bond acceptors (Lipinski definition) is 5. The Bertz CT molecular complexity index is 922. The highest BCUT2D eigenvalue weighted by Gasteiger charge is 2.36. The summed E-state index contributed by atoms with van der Waals surface area (Å²) in [7, 11) is 1.85. The fraction of sp³-hybridized carbons (Fsp3) is 0.389. The maximum atomic E-state index is 12.7. The molecular formula is C18H21N5O2S. The highest BCUT2D eigenvalue weighted by molar-refractivity contribution is 7.15. The molecule has 1 amide bonds. The van der Waals surface area contributed by atoms with Gasteiger partial charge in [0, 0.05) is 23.7 Å². The molecule has 1 fully saturated rings. The summed E-state index contributed by atoms with van der Waals surface area (Å²) in [4.78, 5) is 15.0. The van der Waals surface area contributed by atoms with E-state index >= 15 is 0 Å². The lowest BCUT2D eigenvalue weighted by atomic mass is 9.75. The quantitative estimate of drug-likeness (QED) is 0.642. The van der Waals surface area contributed by atoms with Crippen molar-refractivity contribution in [3.05, 3.63) is 46.7 Å². The fourth-order valence-corrected chi connectivity index (χ4v) is 4.17. The van der Waals surface area contributed by atoms with Crippen LogP contribution >= 0.6 is 11.3 Å². The van der Waals surface area contributed by atoms with Crippen molar-refractivity contribution in [2.75, 3.05) is 0 Å². The number of nitrogens with one attached hydrogen (secondary N) is 2. The Balaban J connectivity index is 1.52. The molecule has 1 unspecified atom stereocenters. The first-order chi connectivity index (χ1) is 12.5. The number of H-pyrrole nitrogens is 1. The van der Waals surface area contributed by atoms with Crippen LogP contribution in [0.2, 0.25) is 0 Å². The minimum absolute atomic E-state index is 0.177. The number of thiophene rings is 1. The molecule has 3 aromatic heterocycles. The molecule has 0 bridgehead atoms. The zero-order valence-electron chi connectivity index (χ0n) is 14.6. The van der Waals surface area contributed by atoms with E-state index in [0.717, 1.165) is 16.1 Å². The van der Waals surface area contributed by atoms with Gasteiger partial charge in [-0.3, -0.25) is 14.6 Å². The molecule has 0 radical (unpaired) electrons. The number of aryl methyl sites for hydroxylation is 2. The lowest BCUT2D eigenvalue weighted by Gasteiger charge is -2.37. The van der Waals surface area contributed by atoms with Crippen molar-refractivity contribution in [1.29, 1.82) is 0 Å². The van der Waals surface area contributed by atoms with Gasteiger partial charge in [0.1, 0.15) is 0 Å². The van der Waals surface area contributed by atoms with Gasteiger partial charge in [-0.25, -0.2) is 0 Å². The third kappa shape index (κ3) is 3.30.